The third kappa shape index (κ3) is 4.50. The van der Waals surface area contributed by atoms with E-state index in [1.54, 1.807) is 0 Å². The minimum absolute atomic E-state index is 0.0334. The van der Waals surface area contributed by atoms with E-state index in [9.17, 15) is 18.0 Å². The van der Waals surface area contributed by atoms with Gasteiger partial charge in [0.2, 0.25) is 0 Å². The van der Waals surface area contributed by atoms with Crippen molar-refractivity contribution in [2.75, 3.05) is 19.1 Å². The SMILES string of the molecule is Nc1ccc(OCOCC(F)(F)F)cc1C(=O)O. The van der Waals surface area contributed by atoms with Gasteiger partial charge in [-0.25, -0.2) is 4.79 Å². The molecule has 0 aromatic heterocycles. The van der Waals surface area contributed by atoms with Crippen LogP contribution in [0.1, 0.15) is 10.4 Å². The van der Waals surface area contributed by atoms with Crippen LogP contribution in [0.25, 0.3) is 0 Å². The highest BCUT2D eigenvalue weighted by Crippen LogP contribution is 2.20. The standard InChI is InChI=1S/C10H10F3NO4/c11-10(12,13)4-17-5-18-6-1-2-8(14)7(3-6)9(15)16/h1-3H,4-5,14H2,(H,15,16). The Labute approximate surface area is 99.9 Å². The molecule has 0 saturated carbocycles. The second-order valence-electron chi connectivity index (χ2n) is 3.28. The molecule has 0 atom stereocenters. The monoisotopic (exact) mass is 265 g/mol. The van der Waals surface area contributed by atoms with Crippen molar-refractivity contribution in [1.29, 1.82) is 0 Å². The Kier molecular flexibility index (Phi) is 4.38. The molecule has 1 aromatic rings. The second-order valence-corrected chi connectivity index (χ2v) is 3.28. The van der Waals surface area contributed by atoms with Gasteiger partial charge in [-0.15, -0.1) is 0 Å². The summed E-state index contributed by atoms with van der Waals surface area (Å²) < 4.78 is 44.2. The van der Waals surface area contributed by atoms with E-state index in [0.717, 1.165) is 6.07 Å². The number of nitrogens with two attached hydrogens (primary N) is 1. The normalized spacial score (nSPS) is 11.3. The number of benzene rings is 1. The number of anilines is 1. The number of carbonyl (C=O) groups is 1. The lowest BCUT2D eigenvalue weighted by Gasteiger charge is -2.10. The Hall–Kier alpha value is -1.96. The summed E-state index contributed by atoms with van der Waals surface area (Å²) >= 11 is 0. The molecule has 8 heteroatoms. The first kappa shape index (κ1) is 14.1. The van der Waals surface area contributed by atoms with Gasteiger partial charge in [0.05, 0.1) is 5.56 Å². The highest BCUT2D eigenvalue weighted by molar-refractivity contribution is 5.94. The third-order valence-corrected chi connectivity index (χ3v) is 1.83. The molecule has 1 aromatic carbocycles. The lowest BCUT2D eigenvalue weighted by atomic mass is 10.2. The summed E-state index contributed by atoms with van der Waals surface area (Å²) in [4.78, 5) is 10.7. The molecule has 0 unspecified atom stereocenters. The fraction of sp³-hybridized carbons (Fsp3) is 0.300. The number of aromatic carboxylic acids is 1. The van der Waals surface area contributed by atoms with Gasteiger partial charge >= 0.3 is 12.1 Å². The maximum Gasteiger partial charge on any atom is 0.411 e. The molecule has 100 valence electrons. The van der Waals surface area contributed by atoms with Gasteiger partial charge < -0.3 is 20.3 Å². The van der Waals surface area contributed by atoms with Crippen LogP contribution in [-0.4, -0.2) is 30.7 Å². The predicted molar refractivity (Wildman–Crippen MR) is 55.3 cm³/mol. The molecular weight excluding hydrogens is 255 g/mol. The number of halogens is 3. The lowest BCUT2D eigenvalue weighted by Crippen LogP contribution is -2.19. The lowest BCUT2D eigenvalue weighted by molar-refractivity contribution is -0.186. The van der Waals surface area contributed by atoms with Gasteiger partial charge in [0, 0.05) is 5.69 Å². The average Bonchev–Trinajstić information content (AvgIpc) is 2.24. The molecule has 0 bridgehead atoms. The molecule has 0 fully saturated rings. The predicted octanol–water partition coefficient (Wildman–Crippen LogP) is 1.88. The molecule has 1 rings (SSSR count). The largest absolute Gasteiger partial charge is 0.478 e. The van der Waals surface area contributed by atoms with Crippen LogP contribution in [0.2, 0.25) is 0 Å². The molecule has 0 aliphatic rings. The van der Waals surface area contributed by atoms with Crippen molar-refractivity contribution >= 4 is 11.7 Å². The minimum Gasteiger partial charge on any atom is -0.478 e. The number of alkyl halides is 3. The molecule has 5 nitrogen and oxygen atoms in total. The summed E-state index contributed by atoms with van der Waals surface area (Å²) in [6.45, 7) is -2.07. The summed E-state index contributed by atoms with van der Waals surface area (Å²) in [6.07, 6.45) is -4.43. The van der Waals surface area contributed by atoms with Crippen LogP contribution in [0.5, 0.6) is 5.75 Å². The van der Waals surface area contributed by atoms with E-state index in [-0.39, 0.29) is 17.0 Å². The van der Waals surface area contributed by atoms with Crippen molar-refractivity contribution < 1.29 is 32.5 Å². The van der Waals surface area contributed by atoms with Crippen LogP contribution in [0.4, 0.5) is 18.9 Å². The molecule has 0 saturated heterocycles. The molecule has 18 heavy (non-hydrogen) atoms. The Morgan fingerprint density at radius 3 is 2.61 bits per heavy atom. The van der Waals surface area contributed by atoms with Gasteiger partial charge in [-0.2, -0.15) is 13.2 Å². The number of hydrogen-bond acceptors (Lipinski definition) is 4. The van der Waals surface area contributed by atoms with Gasteiger partial charge in [0.25, 0.3) is 0 Å². The highest BCUT2D eigenvalue weighted by Gasteiger charge is 2.27. The Balaban J connectivity index is 2.53. The molecule has 3 N–H and O–H groups in total. The maximum atomic E-state index is 11.7. The zero-order valence-electron chi connectivity index (χ0n) is 9.03. The van der Waals surface area contributed by atoms with Crippen LogP contribution >= 0.6 is 0 Å². The van der Waals surface area contributed by atoms with Crippen molar-refractivity contribution in [3.05, 3.63) is 23.8 Å². The van der Waals surface area contributed by atoms with Gasteiger partial charge in [-0.1, -0.05) is 0 Å². The van der Waals surface area contributed by atoms with Crippen molar-refractivity contribution in [3.63, 3.8) is 0 Å². The van der Waals surface area contributed by atoms with E-state index in [0.29, 0.717) is 0 Å². The summed E-state index contributed by atoms with van der Waals surface area (Å²) in [5.41, 5.74) is 5.23. The van der Waals surface area contributed by atoms with E-state index < -0.39 is 25.5 Å². The van der Waals surface area contributed by atoms with Crippen LogP contribution < -0.4 is 10.5 Å². The first-order valence-corrected chi connectivity index (χ1v) is 4.70. The fourth-order valence-corrected chi connectivity index (χ4v) is 1.08. The minimum atomic E-state index is -4.43. The van der Waals surface area contributed by atoms with Gasteiger partial charge in [-0.05, 0) is 18.2 Å². The summed E-state index contributed by atoms with van der Waals surface area (Å²) in [6, 6.07) is 3.72. The smallest absolute Gasteiger partial charge is 0.411 e. The zero-order chi connectivity index (χ0) is 13.8. The molecule has 0 aliphatic carbocycles. The van der Waals surface area contributed by atoms with Crippen molar-refractivity contribution in [1.82, 2.24) is 0 Å². The number of ether oxygens (including phenoxy) is 2. The third-order valence-electron chi connectivity index (χ3n) is 1.83. The maximum absolute atomic E-state index is 11.7. The van der Waals surface area contributed by atoms with Crippen LogP contribution in [0.15, 0.2) is 18.2 Å². The number of nitrogen functional groups attached to an aromatic ring is 1. The Morgan fingerprint density at radius 1 is 1.39 bits per heavy atom. The molecular formula is C10H10F3NO4. The number of rotatable bonds is 5. The van der Waals surface area contributed by atoms with Crippen molar-refractivity contribution in [2.24, 2.45) is 0 Å². The summed E-state index contributed by atoms with van der Waals surface area (Å²) in [5, 5.41) is 8.75. The van der Waals surface area contributed by atoms with Gasteiger partial charge in [0.15, 0.2) is 6.79 Å². The van der Waals surface area contributed by atoms with Crippen LogP contribution in [-0.2, 0) is 4.74 Å². The second kappa shape index (κ2) is 5.58. The van der Waals surface area contributed by atoms with Crippen molar-refractivity contribution in [3.8, 4) is 5.75 Å². The van der Waals surface area contributed by atoms with E-state index >= 15 is 0 Å². The van der Waals surface area contributed by atoms with E-state index in [2.05, 4.69) is 4.74 Å². The van der Waals surface area contributed by atoms with E-state index in [4.69, 9.17) is 15.6 Å². The fourth-order valence-electron chi connectivity index (χ4n) is 1.08. The Morgan fingerprint density at radius 2 is 2.06 bits per heavy atom. The number of hydrogen-bond donors (Lipinski definition) is 2. The quantitative estimate of drug-likeness (QED) is 0.482. The molecule has 0 aliphatic heterocycles. The van der Waals surface area contributed by atoms with Crippen LogP contribution in [0.3, 0.4) is 0 Å². The average molecular weight is 265 g/mol. The summed E-state index contributed by atoms with van der Waals surface area (Å²) in [7, 11) is 0. The molecule has 0 heterocycles. The topological polar surface area (TPSA) is 81.8 Å². The summed E-state index contributed by atoms with van der Waals surface area (Å²) in [5.74, 6) is -1.20. The van der Waals surface area contributed by atoms with Crippen molar-refractivity contribution in [2.45, 2.75) is 6.18 Å². The number of carboxylic acids is 1. The first-order chi connectivity index (χ1) is 8.29. The molecule has 0 spiro atoms. The van der Waals surface area contributed by atoms with Gasteiger partial charge in [0.1, 0.15) is 12.4 Å². The molecule has 0 radical (unpaired) electrons. The highest BCUT2D eigenvalue weighted by atomic mass is 19.4. The molecule has 0 amide bonds. The van der Waals surface area contributed by atoms with E-state index in [1.165, 1.54) is 12.1 Å². The van der Waals surface area contributed by atoms with Crippen LogP contribution in [0, 0.1) is 0 Å². The first-order valence-electron chi connectivity index (χ1n) is 4.70. The number of carboxylic acid groups (broad SMARTS) is 1. The zero-order valence-corrected chi connectivity index (χ0v) is 9.03. The Bertz CT molecular complexity index is 434. The van der Waals surface area contributed by atoms with Gasteiger partial charge in [-0.3, -0.25) is 0 Å². The van der Waals surface area contributed by atoms with E-state index in [1.807, 2.05) is 0 Å².